The monoisotopic (exact) mass is 325 g/mol. The molecule has 1 unspecified atom stereocenters. The molecule has 1 aliphatic rings. The molecule has 0 aromatic carbocycles. The molecule has 0 aliphatic carbocycles. The van der Waals surface area contributed by atoms with E-state index in [0.29, 0.717) is 11.1 Å². The zero-order valence-electron chi connectivity index (χ0n) is 15.1. The highest BCUT2D eigenvalue weighted by molar-refractivity contribution is 6.02. The Bertz CT molecular complexity index is 512. The van der Waals surface area contributed by atoms with Crippen LogP contribution in [0.5, 0.6) is 0 Å². The van der Waals surface area contributed by atoms with Gasteiger partial charge >= 0.3 is 11.9 Å². The number of esters is 2. The average Bonchev–Trinajstić information content (AvgIpc) is 2.64. The van der Waals surface area contributed by atoms with Crippen LogP contribution in [0.2, 0.25) is 0 Å². The van der Waals surface area contributed by atoms with Crippen molar-refractivity contribution in [3.63, 3.8) is 0 Å². The molecule has 0 saturated carbocycles. The fourth-order valence-corrected chi connectivity index (χ4v) is 2.83. The SMILES string of the molecule is CCOC(=O)C(C(=O)OCC)C1C(C)=C(C)C(=O)N1C(C)(C)C. The Morgan fingerprint density at radius 2 is 1.52 bits per heavy atom. The number of hydrogen-bond donors (Lipinski definition) is 0. The van der Waals surface area contributed by atoms with Crippen molar-refractivity contribution in [1.82, 2.24) is 4.90 Å². The Labute approximate surface area is 137 Å². The van der Waals surface area contributed by atoms with Gasteiger partial charge < -0.3 is 14.4 Å². The molecule has 6 nitrogen and oxygen atoms in total. The third-order valence-electron chi connectivity index (χ3n) is 3.97. The van der Waals surface area contributed by atoms with Gasteiger partial charge in [0, 0.05) is 11.1 Å². The van der Waals surface area contributed by atoms with Crippen molar-refractivity contribution in [1.29, 1.82) is 0 Å². The predicted octanol–water partition coefficient (Wildman–Crippen LogP) is 2.07. The molecule has 23 heavy (non-hydrogen) atoms. The van der Waals surface area contributed by atoms with Crippen LogP contribution in [0.25, 0.3) is 0 Å². The summed E-state index contributed by atoms with van der Waals surface area (Å²) >= 11 is 0. The van der Waals surface area contributed by atoms with Crippen molar-refractivity contribution in [2.75, 3.05) is 13.2 Å². The predicted molar refractivity (Wildman–Crippen MR) is 85.5 cm³/mol. The van der Waals surface area contributed by atoms with E-state index in [9.17, 15) is 14.4 Å². The first kappa shape index (κ1) is 19.2. The van der Waals surface area contributed by atoms with Gasteiger partial charge in [-0.15, -0.1) is 0 Å². The lowest BCUT2D eigenvalue weighted by molar-refractivity contribution is -0.165. The van der Waals surface area contributed by atoms with Crippen molar-refractivity contribution in [2.24, 2.45) is 5.92 Å². The lowest BCUT2D eigenvalue weighted by Gasteiger charge is -2.40. The van der Waals surface area contributed by atoms with Crippen molar-refractivity contribution in [2.45, 2.75) is 60.0 Å². The first-order valence-electron chi connectivity index (χ1n) is 7.92. The quantitative estimate of drug-likeness (QED) is 0.571. The first-order valence-corrected chi connectivity index (χ1v) is 7.92. The van der Waals surface area contributed by atoms with E-state index in [1.807, 2.05) is 20.8 Å². The second-order valence-corrected chi connectivity index (χ2v) is 6.58. The fourth-order valence-electron chi connectivity index (χ4n) is 2.83. The third kappa shape index (κ3) is 3.74. The highest BCUT2D eigenvalue weighted by Gasteiger charge is 2.50. The average molecular weight is 325 g/mol. The van der Waals surface area contributed by atoms with Gasteiger partial charge in [-0.2, -0.15) is 0 Å². The number of rotatable bonds is 5. The van der Waals surface area contributed by atoms with Gasteiger partial charge in [-0.1, -0.05) is 0 Å². The van der Waals surface area contributed by atoms with E-state index in [2.05, 4.69) is 0 Å². The largest absolute Gasteiger partial charge is 0.465 e. The molecule has 0 spiro atoms. The number of nitrogens with zero attached hydrogens (tertiary/aromatic N) is 1. The number of ether oxygens (including phenoxy) is 2. The van der Waals surface area contributed by atoms with Crippen molar-refractivity contribution in [3.8, 4) is 0 Å². The molecule has 0 aromatic rings. The molecule has 6 heteroatoms. The molecule has 1 heterocycles. The molecular weight excluding hydrogens is 298 g/mol. The van der Waals surface area contributed by atoms with Gasteiger partial charge in [0.15, 0.2) is 5.92 Å². The van der Waals surface area contributed by atoms with Crippen LogP contribution in [-0.4, -0.2) is 47.5 Å². The summed E-state index contributed by atoms with van der Waals surface area (Å²) in [6, 6.07) is -0.680. The Hall–Kier alpha value is -1.85. The Morgan fingerprint density at radius 1 is 1.09 bits per heavy atom. The minimum Gasteiger partial charge on any atom is -0.465 e. The number of hydrogen-bond acceptors (Lipinski definition) is 5. The minimum atomic E-state index is -1.17. The molecule has 1 atom stereocenters. The third-order valence-corrected chi connectivity index (χ3v) is 3.97. The summed E-state index contributed by atoms with van der Waals surface area (Å²) in [5.41, 5.74) is 0.720. The van der Waals surface area contributed by atoms with Crippen LogP contribution >= 0.6 is 0 Å². The molecule has 1 aliphatic heterocycles. The highest BCUT2D eigenvalue weighted by Crippen LogP contribution is 2.36. The molecule has 1 amide bonds. The lowest BCUT2D eigenvalue weighted by Crippen LogP contribution is -2.54. The van der Waals surface area contributed by atoms with Gasteiger partial charge in [0.25, 0.3) is 0 Å². The van der Waals surface area contributed by atoms with Crippen molar-refractivity contribution in [3.05, 3.63) is 11.1 Å². The van der Waals surface area contributed by atoms with E-state index in [0.717, 1.165) is 0 Å². The molecule has 0 saturated heterocycles. The zero-order chi connectivity index (χ0) is 17.9. The first-order chi connectivity index (χ1) is 10.6. The Morgan fingerprint density at radius 3 is 1.87 bits per heavy atom. The van der Waals surface area contributed by atoms with Crippen LogP contribution in [-0.2, 0) is 23.9 Å². The van der Waals surface area contributed by atoms with Crippen molar-refractivity contribution < 1.29 is 23.9 Å². The van der Waals surface area contributed by atoms with E-state index < -0.39 is 29.4 Å². The molecular formula is C17H27NO5. The van der Waals surface area contributed by atoms with Gasteiger partial charge in [0.1, 0.15) is 0 Å². The maximum atomic E-state index is 12.6. The standard InChI is InChI=1S/C17H27NO5/c1-8-22-15(20)12(16(21)23-9-2)13-10(3)11(4)14(19)18(13)17(5,6)7/h12-13H,8-9H2,1-7H3. The van der Waals surface area contributed by atoms with Gasteiger partial charge in [-0.3, -0.25) is 14.4 Å². The van der Waals surface area contributed by atoms with Gasteiger partial charge in [0.2, 0.25) is 5.91 Å². The van der Waals surface area contributed by atoms with Gasteiger partial charge in [-0.25, -0.2) is 0 Å². The summed E-state index contributed by atoms with van der Waals surface area (Å²) in [5, 5.41) is 0. The van der Waals surface area contributed by atoms with E-state index in [1.165, 1.54) is 0 Å². The van der Waals surface area contributed by atoms with Gasteiger partial charge in [-0.05, 0) is 54.0 Å². The summed E-state index contributed by atoms with van der Waals surface area (Å²) in [6.45, 7) is 12.8. The molecule has 0 radical (unpaired) electrons. The lowest BCUT2D eigenvalue weighted by atomic mass is 9.90. The Kier molecular flexibility index (Phi) is 5.97. The van der Waals surface area contributed by atoms with E-state index in [-0.39, 0.29) is 19.1 Å². The summed E-state index contributed by atoms with van der Waals surface area (Å²) in [4.78, 5) is 39.0. The summed E-state index contributed by atoms with van der Waals surface area (Å²) in [6.07, 6.45) is 0. The number of amides is 1. The molecule has 1 rings (SSSR count). The van der Waals surface area contributed by atoms with Crippen LogP contribution < -0.4 is 0 Å². The molecule has 0 bridgehead atoms. The normalized spacial score (nSPS) is 18.7. The number of carbonyl (C=O) groups excluding carboxylic acids is 3. The second kappa shape index (κ2) is 7.15. The van der Waals surface area contributed by atoms with Crippen molar-refractivity contribution >= 4 is 17.8 Å². The van der Waals surface area contributed by atoms with Crippen LogP contribution in [0, 0.1) is 5.92 Å². The summed E-state index contributed by atoms with van der Waals surface area (Å²) in [7, 11) is 0. The summed E-state index contributed by atoms with van der Waals surface area (Å²) < 4.78 is 10.1. The maximum absolute atomic E-state index is 12.6. The smallest absolute Gasteiger partial charge is 0.322 e. The zero-order valence-corrected chi connectivity index (χ0v) is 15.1. The molecule has 0 N–H and O–H groups in total. The van der Waals surface area contributed by atoms with E-state index in [1.54, 1.807) is 32.6 Å². The maximum Gasteiger partial charge on any atom is 0.322 e. The van der Waals surface area contributed by atoms with Gasteiger partial charge in [0.05, 0.1) is 19.3 Å². The fraction of sp³-hybridized carbons (Fsp3) is 0.706. The van der Waals surface area contributed by atoms with Crippen LogP contribution in [0.15, 0.2) is 11.1 Å². The molecule has 130 valence electrons. The number of carbonyl (C=O) groups is 3. The van der Waals surface area contributed by atoms with E-state index >= 15 is 0 Å². The van der Waals surface area contributed by atoms with Crippen LogP contribution in [0.3, 0.4) is 0 Å². The molecule has 0 aromatic heterocycles. The topological polar surface area (TPSA) is 72.9 Å². The van der Waals surface area contributed by atoms with Crippen LogP contribution in [0.4, 0.5) is 0 Å². The molecule has 0 fully saturated rings. The second-order valence-electron chi connectivity index (χ2n) is 6.58. The minimum absolute atomic E-state index is 0.159. The Balaban J connectivity index is 3.38. The highest BCUT2D eigenvalue weighted by atomic mass is 16.6. The van der Waals surface area contributed by atoms with Crippen LogP contribution in [0.1, 0.15) is 48.5 Å². The summed E-state index contributed by atoms with van der Waals surface area (Å²) in [5.74, 6) is -2.66. The van der Waals surface area contributed by atoms with E-state index in [4.69, 9.17) is 9.47 Å².